The van der Waals surface area contributed by atoms with E-state index in [0.29, 0.717) is 18.0 Å². The zero-order chi connectivity index (χ0) is 13.2. The van der Waals surface area contributed by atoms with Crippen molar-refractivity contribution < 1.29 is 4.74 Å². The first-order valence-corrected chi connectivity index (χ1v) is 7.10. The molecule has 2 aliphatic rings. The van der Waals surface area contributed by atoms with Gasteiger partial charge >= 0.3 is 6.01 Å². The second kappa shape index (κ2) is 5.43. The van der Waals surface area contributed by atoms with Gasteiger partial charge in [-0.05, 0) is 39.4 Å². The van der Waals surface area contributed by atoms with Crippen molar-refractivity contribution in [2.75, 3.05) is 33.8 Å². The predicted molar refractivity (Wildman–Crippen MR) is 73.4 cm³/mol. The minimum atomic E-state index is 0.342. The maximum absolute atomic E-state index is 5.17. The minimum absolute atomic E-state index is 0.342. The Morgan fingerprint density at radius 1 is 1.42 bits per heavy atom. The lowest BCUT2D eigenvalue weighted by Gasteiger charge is -2.22. The zero-order valence-corrected chi connectivity index (χ0v) is 11.7. The summed E-state index contributed by atoms with van der Waals surface area (Å²) in [4.78, 5) is 11.3. The van der Waals surface area contributed by atoms with Crippen LogP contribution in [0.3, 0.4) is 0 Å². The molecule has 104 valence electrons. The van der Waals surface area contributed by atoms with Gasteiger partial charge in [-0.1, -0.05) is 0 Å². The molecule has 1 aliphatic carbocycles. The highest BCUT2D eigenvalue weighted by Gasteiger charge is 2.31. The van der Waals surface area contributed by atoms with Gasteiger partial charge in [0.2, 0.25) is 0 Å². The molecule has 5 nitrogen and oxygen atoms in total. The summed E-state index contributed by atoms with van der Waals surface area (Å²) in [6, 6.07) is 0.835. The van der Waals surface area contributed by atoms with Gasteiger partial charge in [0.25, 0.3) is 0 Å². The highest BCUT2D eigenvalue weighted by Crippen LogP contribution is 2.42. The van der Waals surface area contributed by atoms with E-state index in [1.54, 1.807) is 7.11 Å². The molecule has 0 amide bonds. The Kier molecular flexibility index (Phi) is 3.66. The molecule has 1 saturated carbocycles. The average molecular weight is 262 g/mol. The highest BCUT2D eigenvalue weighted by atomic mass is 16.5. The third-order valence-corrected chi connectivity index (χ3v) is 3.95. The monoisotopic (exact) mass is 262 g/mol. The lowest BCUT2D eigenvalue weighted by Crippen LogP contribution is -2.30. The topological polar surface area (TPSA) is 50.3 Å². The minimum Gasteiger partial charge on any atom is -0.467 e. The fraction of sp³-hybridized carbons (Fsp3) is 0.714. The summed E-state index contributed by atoms with van der Waals surface area (Å²) < 4.78 is 5.17. The van der Waals surface area contributed by atoms with E-state index in [0.717, 1.165) is 19.6 Å². The van der Waals surface area contributed by atoms with Crippen molar-refractivity contribution in [2.45, 2.75) is 31.2 Å². The largest absolute Gasteiger partial charge is 0.467 e. The summed E-state index contributed by atoms with van der Waals surface area (Å²) in [6.45, 7) is 3.24. The van der Waals surface area contributed by atoms with Crippen molar-refractivity contribution in [1.82, 2.24) is 20.2 Å². The molecule has 0 bridgehead atoms. The summed E-state index contributed by atoms with van der Waals surface area (Å²) in [5.74, 6) is 0.613. The number of rotatable bonds is 3. The molecule has 2 fully saturated rings. The van der Waals surface area contributed by atoms with Crippen LogP contribution in [-0.4, -0.2) is 48.7 Å². The Morgan fingerprint density at radius 2 is 2.26 bits per heavy atom. The lowest BCUT2D eigenvalue weighted by atomic mass is 10.0. The molecule has 1 atom stereocenters. The molecule has 0 spiro atoms. The van der Waals surface area contributed by atoms with E-state index < -0.39 is 0 Å². The third kappa shape index (κ3) is 2.87. The summed E-state index contributed by atoms with van der Waals surface area (Å²) in [7, 11) is 3.81. The molecule has 1 aromatic rings. The molecule has 2 heterocycles. The number of likely N-dealkylation sites (N-methyl/N-ethyl adjacent to an activating group) is 1. The standard InChI is InChI=1S/C14H22N4O/c1-18-7-3-6-15-12(9-18)11-8-16-14(19-2)17-13(11)10-4-5-10/h8,10,12,15H,3-7,9H2,1-2H3. The van der Waals surface area contributed by atoms with Crippen molar-refractivity contribution >= 4 is 0 Å². The van der Waals surface area contributed by atoms with Crippen molar-refractivity contribution in [3.05, 3.63) is 17.5 Å². The molecule has 1 aromatic heterocycles. The van der Waals surface area contributed by atoms with E-state index in [2.05, 4.69) is 27.2 Å². The quantitative estimate of drug-likeness (QED) is 0.890. The number of hydrogen-bond donors (Lipinski definition) is 1. The van der Waals surface area contributed by atoms with Gasteiger partial charge in [-0.2, -0.15) is 4.98 Å². The second-order valence-electron chi connectivity index (χ2n) is 5.59. The van der Waals surface area contributed by atoms with Crippen molar-refractivity contribution in [1.29, 1.82) is 0 Å². The van der Waals surface area contributed by atoms with Gasteiger partial charge in [0.05, 0.1) is 12.8 Å². The Bertz CT molecular complexity index is 447. The Labute approximate surface area is 114 Å². The zero-order valence-electron chi connectivity index (χ0n) is 11.7. The van der Waals surface area contributed by atoms with Crippen LogP contribution >= 0.6 is 0 Å². The molecule has 3 rings (SSSR count). The SMILES string of the molecule is COc1ncc(C2CN(C)CCCN2)c(C2CC2)n1. The number of hydrogen-bond acceptors (Lipinski definition) is 5. The van der Waals surface area contributed by atoms with E-state index in [4.69, 9.17) is 4.74 Å². The van der Waals surface area contributed by atoms with E-state index in [1.807, 2.05) is 6.20 Å². The summed E-state index contributed by atoms with van der Waals surface area (Å²) in [5.41, 5.74) is 2.46. The first kappa shape index (κ1) is 12.8. The first-order valence-electron chi connectivity index (χ1n) is 7.10. The number of methoxy groups -OCH3 is 1. The van der Waals surface area contributed by atoms with Crippen LogP contribution in [0.5, 0.6) is 6.01 Å². The van der Waals surface area contributed by atoms with Crippen LogP contribution in [0.25, 0.3) is 0 Å². The van der Waals surface area contributed by atoms with Crippen molar-refractivity contribution in [2.24, 2.45) is 0 Å². The normalized spacial score (nSPS) is 25.1. The van der Waals surface area contributed by atoms with Crippen LogP contribution in [0.15, 0.2) is 6.20 Å². The fourth-order valence-electron chi connectivity index (χ4n) is 2.74. The van der Waals surface area contributed by atoms with Crippen molar-refractivity contribution in [3.8, 4) is 6.01 Å². The van der Waals surface area contributed by atoms with E-state index in [1.165, 1.54) is 30.5 Å². The highest BCUT2D eigenvalue weighted by molar-refractivity contribution is 5.29. The molecule has 19 heavy (non-hydrogen) atoms. The van der Waals surface area contributed by atoms with Crippen LogP contribution in [0, 0.1) is 0 Å². The van der Waals surface area contributed by atoms with Gasteiger partial charge < -0.3 is 15.0 Å². The molecule has 5 heteroatoms. The molecule has 0 aromatic carbocycles. The average Bonchev–Trinajstić information content (AvgIpc) is 3.25. The molecular formula is C14H22N4O. The summed E-state index contributed by atoms with van der Waals surface area (Å²) in [6.07, 6.45) is 5.64. The van der Waals surface area contributed by atoms with Crippen LogP contribution in [0.2, 0.25) is 0 Å². The lowest BCUT2D eigenvalue weighted by molar-refractivity contribution is 0.324. The van der Waals surface area contributed by atoms with Crippen molar-refractivity contribution in [3.63, 3.8) is 0 Å². The number of nitrogens with zero attached hydrogens (tertiary/aromatic N) is 3. The van der Waals surface area contributed by atoms with Crippen LogP contribution in [0.1, 0.15) is 42.5 Å². The molecular weight excluding hydrogens is 240 g/mol. The smallest absolute Gasteiger partial charge is 0.316 e. The molecule has 1 unspecified atom stereocenters. The number of ether oxygens (including phenoxy) is 1. The van der Waals surface area contributed by atoms with Gasteiger partial charge in [0, 0.05) is 30.3 Å². The molecule has 1 N–H and O–H groups in total. The van der Waals surface area contributed by atoms with Crippen LogP contribution < -0.4 is 10.1 Å². The summed E-state index contributed by atoms with van der Waals surface area (Å²) in [5, 5.41) is 3.63. The number of aromatic nitrogens is 2. The molecule has 1 aliphatic heterocycles. The Morgan fingerprint density at radius 3 is 3.00 bits per heavy atom. The maximum Gasteiger partial charge on any atom is 0.316 e. The molecule has 0 radical (unpaired) electrons. The second-order valence-corrected chi connectivity index (χ2v) is 5.59. The number of nitrogens with one attached hydrogen (secondary N) is 1. The van der Waals surface area contributed by atoms with Gasteiger partial charge in [0.1, 0.15) is 0 Å². The Hall–Kier alpha value is -1.20. The van der Waals surface area contributed by atoms with E-state index in [-0.39, 0.29) is 0 Å². The maximum atomic E-state index is 5.17. The van der Waals surface area contributed by atoms with E-state index >= 15 is 0 Å². The van der Waals surface area contributed by atoms with Gasteiger partial charge in [-0.3, -0.25) is 0 Å². The van der Waals surface area contributed by atoms with Gasteiger partial charge in [-0.15, -0.1) is 0 Å². The van der Waals surface area contributed by atoms with Gasteiger partial charge in [0.15, 0.2) is 0 Å². The van der Waals surface area contributed by atoms with Crippen LogP contribution in [0.4, 0.5) is 0 Å². The first-order chi connectivity index (χ1) is 9.28. The van der Waals surface area contributed by atoms with Crippen LogP contribution in [-0.2, 0) is 0 Å². The Balaban J connectivity index is 1.89. The third-order valence-electron chi connectivity index (χ3n) is 3.95. The van der Waals surface area contributed by atoms with E-state index in [9.17, 15) is 0 Å². The molecule has 1 saturated heterocycles. The van der Waals surface area contributed by atoms with Gasteiger partial charge in [-0.25, -0.2) is 4.98 Å². The predicted octanol–water partition coefficient (Wildman–Crippen LogP) is 1.33. The fourth-order valence-corrected chi connectivity index (χ4v) is 2.74. The summed E-state index contributed by atoms with van der Waals surface area (Å²) >= 11 is 0.